The predicted octanol–water partition coefficient (Wildman–Crippen LogP) is 4.15. The van der Waals surface area contributed by atoms with Gasteiger partial charge in [-0.25, -0.2) is 17.7 Å². The summed E-state index contributed by atoms with van der Waals surface area (Å²) in [7, 11) is -5.07. The van der Waals surface area contributed by atoms with Crippen LogP contribution in [0.3, 0.4) is 0 Å². The molecule has 0 bridgehead atoms. The van der Waals surface area contributed by atoms with Gasteiger partial charge >= 0.3 is 5.25 Å². The maximum Gasteiger partial charge on any atom is 0.382 e. The number of hydrogen-bond donors (Lipinski definition) is 1. The van der Waals surface area contributed by atoms with E-state index in [1.165, 1.54) is 6.07 Å². The van der Waals surface area contributed by atoms with Crippen molar-refractivity contribution in [3.8, 4) is 11.5 Å². The minimum absolute atomic E-state index is 0.0352. The van der Waals surface area contributed by atoms with Crippen LogP contribution in [0.4, 0.5) is 18.9 Å². The highest BCUT2D eigenvalue weighted by atomic mass is 32.2. The van der Waals surface area contributed by atoms with Gasteiger partial charge in [0.15, 0.2) is 11.3 Å². The zero-order chi connectivity index (χ0) is 19.8. The molecule has 1 atom stereocenters. The monoisotopic (exact) mass is 393 g/mol. The Hall–Kier alpha value is -2.83. The second-order valence-electron chi connectivity index (χ2n) is 6.33. The Kier molecular flexibility index (Phi) is 3.33. The summed E-state index contributed by atoms with van der Waals surface area (Å²) in [6, 6.07) is 5.29. The molecule has 0 aromatic heterocycles. The van der Waals surface area contributed by atoms with Gasteiger partial charge in [-0.05, 0) is 29.8 Å². The first kappa shape index (κ1) is 17.6. The summed E-state index contributed by atoms with van der Waals surface area (Å²) in [5.41, 5.74) is -3.41. The quantitative estimate of drug-likeness (QED) is 0.779. The van der Waals surface area contributed by atoms with Gasteiger partial charge in [-0.1, -0.05) is 6.58 Å². The molecule has 138 valence electrons. The molecule has 0 spiro atoms. The zero-order valence-corrected chi connectivity index (χ0v) is 14.3. The summed E-state index contributed by atoms with van der Waals surface area (Å²) in [4.78, 5) is 2.42. The van der Waals surface area contributed by atoms with Crippen LogP contribution in [0, 0.1) is 12.4 Å². The van der Waals surface area contributed by atoms with Crippen LogP contribution in [-0.2, 0) is 15.4 Å². The third kappa shape index (κ3) is 2.05. The molecule has 1 aliphatic heterocycles. The summed E-state index contributed by atoms with van der Waals surface area (Å²) in [5.74, 6) is -0.877. The van der Waals surface area contributed by atoms with Crippen LogP contribution in [-0.4, -0.2) is 18.8 Å². The molecule has 0 saturated carbocycles. The smallest absolute Gasteiger partial charge is 0.382 e. The number of ether oxygens (including phenoxy) is 1. The molecule has 0 radical (unpaired) electrons. The molecule has 0 saturated heterocycles. The van der Waals surface area contributed by atoms with E-state index in [9.17, 15) is 26.7 Å². The van der Waals surface area contributed by atoms with Crippen molar-refractivity contribution in [2.24, 2.45) is 0 Å². The molecule has 1 N–H and O–H groups in total. The molecular formula is C18H10F3NO4S. The summed E-state index contributed by atoms with van der Waals surface area (Å²) >= 11 is 0. The van der Waals surface area contributed by atoms with Crippen LogP contribution in [0.5, 0.6) is 11.5 Å². The van der Waals surface area contributed by atoms with Crippen LogP contribution in [0.2, 0.25) is 0 Å². The lowest BCUT2D eigenvalue weighted by atomic mass is 9.96. The summed E-state index contributed by atoms with van der Waals surface area (Å²) < 4.78 is 72.4. The van der Waals surface area contributed by atoms with Crippen molar-refractivity contribution in [1.82, 2.24) is 0 Å². The van der Waals surface area contributed by atoms with E-state index in [1.807, 2.05) is 0 Å². The minimum atomic E-state index is -5.07. The standard InChI is InChI=1S/C18H10F3NO4S/c1-9-8-17(23)16-14(27(24,25)18(17,20)21)4-3-13(15(9)16)26-12-6-10(19)5-11(7-12)22-2/h3-7,23H,1,8H2. The van der Waals surface area contributed by atoms with E-state index < -0.39 is 43.4 Å². The van der Waals surface area contributed by atoms with E-state index in [4.69, 9.17) is 11.3 Å². The first-order chi connectivity index (χ1) is 12.5. The molecule has 5 nitrogen and oxygen atoms in total. The summed E-state index contributed by atoms with van der Waals surface area (Å²) in [6.45, 7) is 10.6. The van der Waals surface area contributed by atoms with Gasteiger partial charge in [-0.15, -0.1) is 0 Å². The highest BCUT2D eigenvalue weighted by Crippen LogP contribution is 2.63. The lowest BCUT2D eigenvalue weighted by Gasteiger charge is -2.24. The fraction of sp³-hybridized carbons (Fsp3) is 0.167. The van der Waals surface area contributed by atoms with Crippen LogP contribution in [0.15, 0.2) is 41.8 Å². The van der Waals surface area contributed by atoms with Crippen molar-refractivity contribution in [2.45, 2.75) is 22.2 Å². The van der Waals surface area contributed by atoms with Crippen LogP contribution in [0.1, 0.15) is 17.5 Å². The number of nitrogens with zero attached hydrogens (tertiary/aromatic N) is 1. The van der Waals surface area contributed by atoms with E-state index in [0.29, 0.717) is 0 Å². The van der Waals surface area contributed by atoms with E-state index in [2.05, 4.69) is 11.4 Å². The average molecular weight is 393 g/mol. The van der Waals surface area contributed by atoms with Gasteiger partial charge in [0, 0.05) is 23.6 Å². The fourth-order valence-electron chi connectivity index (χ4n) is 3.53. The van der Waals surface area contributed by atoms with Crippen molar-refractivity contribution in [1.29, 1.82) is 0 Å². The number of alkyl halides is 2. The predicted molar refractivity (Wildman–Crippen MR) is 88.9 cm³/mol. The molecule has 2 aromatic carbocycles. The Morgan fingerprint density at radius 1 is 1.26 bits per heavy atom. The Morgan fingerprint density at radius 2 is 1.96 bits per heavy atom. The first-order valence-electron chi connectivity index (χ1n) is 7.59. The maximum atomic E-state index is 14.5. The summed E-state index contributed by atoms with van der Waals surface area (Å²) in [6.07, 6.45) is -0.682. The largest absolute Gasteiger partial charge is 0.458 e. The SMILES string of the molecule is [C-]#[N+]c1cc(F)cc(Oc2ccc3c4c2C(=C)CC4(O)C(F)(F)S3(=O)=O)c1. The molecule has 9 heteroatoms. The zero-order valence-electron chi connectivity index (χ0n) is 13.5. The van der Waals surface area contributed by atoms with Crippen molar-refractivity contribution >= 4 is 21.1 Å². The minimum Gasteiger partial charge on any atom is -0.458 e. The van der Waals surface area contributed by atoms with Gasteiger partial charge in [0.2, 0.25) is 9.84 Å². The lowest BCUT2D eigenvalue weighted by molar-refractivity contribution is -0.120. The number of hydrogen-bond acceptors (Lipinski definition) is 4. The molecule has 1 aliphatic carbocycles. The number of rotatable bonds is 2. The van der Waals surface area contributed by atoms with Gasteiger partial charge in [-0.2, -0.15) is 8.78 Å². The highest BCUT2D eigenvalue weighted by Gasteiger charge is 2.73. The molecule has 0 fully saturated rings. The van der Waals surface area contributed by atoms with E-state index in [-0.39, 0.29) is 28.3 Å². The second kappa shape index (κ2) is 5.12. The van der Waals surface area contributed by atoms with Crippen LogP contribution >= 0.6 is 0 Å². The molecule has 27 heavy (non-hydrogen) atoms. The molecule has 4 rings (SSSR count). The lowest BCUT2D eigenvalue weighted by Crippen LogP contribution is -2.43. The number of sulfone groups is 1. The molecule has 2 aliphatic rings. The normalized spacial score (nSPS) is 23.7. The highest BCUT2D eigenvalue weighted by molar-refractivity contribution is 7.93. The summed E-state index contributed by atoms with van der Waals surface area (Å²) in [5, 5.41) is 6.10. The Labute approximate surface area is 152 Å². The van der Waals surface area contributed by atoms with E-state index in [1.54, 1.807) is 0 Å². The molecule has 0 amide bonds. The van der Waals surface area contributed by atoms with Gasteiger partial charge < -0.3 is 9.84 Å². The van der Waals surface area contributed by atoms with Crippen LogP contribution in [0.25, 0.3) is 10.4 Å². The molecule has 1 heterocycles. The van der Waals surface area contributed by atoms with Gasteiger partial charge in [0.05, 0.1) is 11.5 Å². The molecule has 2 aromatic rings. The van der Waals surface area contributed by atoms with Gasteiger partial charge in [0.1, 0.15) is 17.3 Å². The number of benzene rings is 2. The number of halogens is 3. The third-order valence-electron chi connectivity index (χ3n) is 4.69. The van der Waals surface area contributed by atoms with Gasteiger partial charge in [-0.3, -0.25) is 0 Å². The van der Waals surface area contributed by atoms with E-state index >= 15 is 0 Å². The second-order valence-corrected chi connectivity index (χ2v) is 8.29. The Morgan fingerprint density at radius 3 is 2.63 bits per heavy atom. The van der Waals surface area contributed by atoms with Crippen molar-refractivity contribution in [3.05, 3.63) is 65.3 Å². The topological polar surface area (TPSA) is 68.0 Å². The maximum absolute atomic E-state index is 14.5. The fourth-order valence-corrected chi connectivity index (χ4v) is 5.21. The van der Waals surface area contributed by atoms with E-state index in [0.717, 1.165) is 24.3 Å². The first-order valence-corrected chi connectivity index (χ1v) is 9.07. The van der Waals surface area contributed by atoms with Crippen LogP contribution < -0.4 is 4.74 Å². The van der Waals surface area contributed by atoms with Crippen molar-refractivity contribution in [3.63, 3.8) is 0 Å². The molecule has 1 unspecified atom stereocenters. The van der Waals surface area contributed by atoms with Crippen molar-refractivity contribution < 1.29 is 31.4 Å². The number of aliphatic hydroxyl groups is 1. The van der Waals surface area contributed by atoms with Gasteiger partial charge in [0.25, 0.3) is 0 Å². The van der Waals surface area contributed by atoms with Crippen molar-refractivity contribution in [2.75, 3.05) is 0 Å². The Bertz CT molecular complexity index is 1180. The third-order valence-corrected chi connectivity index (χ3v) is 6.62. The average Bonchev–Trinajstić information content (AvgIpc) is 2.92. The Balaban J connectivity index is 1.93. The molecular weight excluding hydrogens is 383 g/mol.